The summed E-state index contributed by atoms with van der Waals surface area (Å²) in [4.78, 5) is 0. The molecule has 1 rings (SSSR count). The van der Waals surface area contributed by atoms with Gasteiger partial charge in [0, 0.05) is 0 Å². The molecule has 0 unspecified atom stereocenters. The third-order valence-corrected chi connectivity index (χ3v) is 2.59. The molecule has 1 radical (unpaired) electrons. The van der Waals surface area contributed by atoms with Crippen molar-refractivity contribution in [3.05, 3.63) is 28.8 Å². The Labute approximate surface area is 117 Å². The van der Waals surface area contributed by atoms with Crippen LogP contribution >= 0.6 is 34.8 Å². The highest BCUT2D eigenvalue weighted by Crippen LogP contribution is 2.50. The first-order chi connectivity index (χ1) is 8.24. The lowest BCUT2D eigenvalue weighted by Gasteiger charge is -2.20. The Hall–Kier alpha value is -0.530. The van der Waals surface area contributed by atoms with Crippen LogP contribution in [0.4, 0.5) is 26.3 Å². The van der Waals surface area contributed by atoms with Gasteiger partial charge < -0.3 is 0 Å². The number of hydrogen-bond donors (Lipinski definition) is 0. The summed E-state index contributed by atoms with van der Waals surface area (Å²) in [6.07, 6.45) is -10.4. The molecular weight excluding hydrogens is 344 g/mol. The maximum atomic E-state index is 12.6. The molecule has 10 heteroatoms. The van der Waals surface area contributed by atoms with Gasteiger partial charge in [0.05, 0.1) is 16.7 Å². The summed E-state index contributed by atoms with van der Waals surface area (Å²) in [5.74, 6) is -1.65. The molecule has 0 bridgehead atoms. The molecule has 1 aromatic rings. The number of rotatable bonds is 0. The Morgan fingerprint density at radius 1 is 0.842 bits per heavy atom. The molecule has 0 N–H and O–H groups in total. The van der Waals surface area contributed by atoms with Crippen molar-refractivity contribution in [3.8, 4) is 5.75 Å². The Morgan fingerprint density at radius 3 is 1.63 bits per heavy atom. The summed E-state index contributed by atoms with van der Waals surface area (Å²) < 4.78 is 72.2. The highest BCUT2D eigenvalue weighted by atomic mass is 35.6. The Morgan fingerprint density at radius 2 is 1.32 bits per heavy atom. The van der Waals surface area contributed by atoms with Crippen molar-refractivity contribution >= 4 is 34.8 Å². The lowest BCUT2D eigenvalue weighted by molar-refractivity contribution is -0.143. The molecule has 0 atom stereocenters. The molecular formula is C9H2Cl3F6O. The molecule has 19 heavy (non-hydrogen) atoms. The van der Waals surface area contributed by atoms with E-state index in [4.69, 9.17) is 34.8 Å². The Bertz CT molecular complexity index is 488. The molecule has 0 amide bonds. The summed E-state index contributed by atoms with van der Waals surface area (Å²) in [5.41, 5.74) is -5.05. The number of benzene rings is 1. The van der Waals surface area contributed by atoms with E-state index in [2.05, 4.69) is 0 Å². The molecule has 0 aliphatic rings. The highest BCUT2D eigenvalue weighted by molar-refractivity contribution is 6.67. The van der Waals surface area contributed by atoms with Crippen molar-refractivity contribution in [1.29, 1.82) is 0 Å². The molecule has 0 saturated heterocycles. The summed E-state index contributed by atoms with van der Waals surface area (Å²) in [5, 5.41) is 11.3. The van der Waals surface area contributed by atoms with Crippen LogP contribution in [0.5, 0.6) is 5.75 Å². The molecule has 0 fully saturated rings. The quantitative estimate of drug-likeness (QED) is 0.424. The number of alkyl halides is 9. The maximum Gasteiger partial charge on any atom is 0.416 e. The Balaban J connectivity index is 3.68. The standard InChI is InChI=1S/C9H2Cl3F6O/c10-7(11,12)6-4(9(16,17)18)1-3(2-5(6)19)8(13,14)15/h1-2H. The van der Waals surface area contributed by atoms with E-state index >= 15 is 0 Å². The van der Waals surface area contributed by atoms with Crippen LogP contribution in [0.3, 0.4) is 0 Å². The van der Waals surface area contributed by atoms with E-state index in [-0.39, 0.29) is 12.1 Å². The fourth-order valence-electron chi connectivity index (χ4n) is 1.30. The zero-order chi connectivity index (χ0) is 15.2. The zero-order valence-electron chi connectivity index (χ0n) is 8.46. The van der Waals surface area contributed by atoms with Gasteiger partial charge in [-0.15, -0.1) is 0 Å². The van der Waals surface area contributed by atoms with Crippen LogP contribution in [-0.2, 0) is 21.3 Å². The number of halogens is 9. The summed E-state index contributed by atoms with van der Waals surface area (Å²) >= 11 is 15.6. The zero-order valence-corrected chi connectivity index (χ0v) is 10.7. The predicted molar refractivity (Wildman–Crippen MR) is 55.8 cm³/mol. The van der Waals surface area contributed by atoms with Gasteiger partial charge in [-0.05, 0) is 12.1 Å². The molecule has 1 aromatic carbocycles. The van der Waals surface area contributed by atoms with Crippen molar-refractivity contribution in [3.63, 3.8) is 0 Å². The van der Waals surface area contributed by atoms with E-state index in [0.29, 0.717) is 0 Å². The smallest absolute Gasteiger partial charge is 0.289 e. The van der Waals surface area contributed by atoms with Gasteiger partial charge in [0.1, 0.15) is 0 Å². The topological polar surface area (TPSA) is 19.9 Å². The molecule has 107 valence electrons. The second-order valence-corrected chi connectivity index (χ2v) is 5.67. The minimum Gasteiger partial charge on any atom is -0.289 e. The third kappa shape index (κ3) is 3.73. The van der Waals surface area contributed by atoms with Gasteiger partial charge in [-0.1, -0.05) is 34.8 Å². The highest BCUT2D eigenvalue weighted by Gasteiger charge is 2.44. The summed E-state index contributed by atoms with van der Waals surface area (Å²) in [6.45, 7) is 0. The molecule has 0 heterocycles. The normalized spacial score (nSPS) is 13.7. The molecule has 0 aliphatic carbocycles. The molecule has 0 spiro atoms. The first kappa shape index (κ1) is 16.5. The first-order valence-electron chi connectivity index (χ1n) is 4.31. The average Bonchev–Trinajstić information content (AvgIpc) is 2.11. The second-order valence-electron chi connectivity index (χ2n) is 3.39. The van der Waals surface area contributed by atoms with Crippen LogP contribution in [0, 0.1) is 0 Å². The minimum atomic E-state index is -5.26. The lowest BCUT2D eigenvalue weighted by atomic mass is 10.0. The van der Waals surface area contributed by atoms with Crippen LogP contribution in [0.25, 0.3) is 0 Å². The van der Waals surface area contributed by atoms with E-state index in [1.54, 1.807) is 0 Å². The van der Waals surface area contributed by atoms with Crippen LogP contribution in [0.15, 0.2) is 12.1 Å². The largest absolute Gasteiger partial charge is 0.416 e. The van der Waals surface area contributed by atoms with Gasteiger partial charge in [0.25, 0.3) is 0 Å². The van der Waals surface area contributed by atoms with Crippen molar-refractivity contribution in [2.45, 2.75) is 16.1 Å². The first-order valence-corrected chi connectivity index (χ1v) is 5.44. The van der Waals surface area contributed by atoms with E-state index in [1.807, 2.05) is 0 Å². The predicted octanol–water partition coefficient (Wildman–Crippen LogP) is 5.69. The van der Waals surface area contributed by atoms with Gasteiger partial charge in [0.15, 0.2) is 5.75 Å². The van der Waals surface area contributed by atoms with E-state index in [1.165, 1.54) is 0 Å². The Kier molecular flexibility index (Phi) is 4.16. The summed E-state index contributed by atoms with van der Waals surface area (Å²) in [6, 6.07) is -0.314. The van der Waals surface area contributed by atoms with E-state index in [9.17, 15) is 31.4 Å². The summed E-state index contributed by atoms with van der Waals surface area (Å²) in [7, 11) is 0. The fourth-order valence-corrected chi connectivity index (χ4v) is 1.88. The second kappa shape index (κ2) is 4.79. The van der Waals surface area contributed by atoms with Gasteiger partial charge >= 0.3 is 12.4 Å². The van der Waals surface area contributed by atoms with Gasteiger partial charge in [-0.3, -0.25) is 5.11 Å². The monoisotopic (exact) mass is 345 g/mol. The molecule has 1 nitrogen and oxygen atoms in total. The van der Waals surface area contributed by atoms with Gasteiger partial charge in [0.2, 0.25) is 3.79 Å². The molecule has 0 saturated carbocycles. The van der Waals surface area contributed by atoms with Crippen LogP contribution in [0.1, 0.15) is 16.7 Å². The van der Waals surface area contributed by atoms with E-state index in [0.717, 1.165) is 0 Å². The van der Waals surface area contributed by atoms with Crippen LogP contribution < -0.4 is 0 Å². The van der Waals surface area contributed by atoms with Gasteiger partial charge in [-0.25, -0.2) is 0 Å². The van der Waals surface area contributed by atoms with Crippen molar-refractivity contribution in [2.24, 2.45) is 0 Å². The molecule has 0 aliphatic heterocycles. The van der Waals surface area contributed by atoms with Crippen LogP contribution in [0.2, 0.25) is 0 Å². The average molecular weight is 346 g/mol. The third-order valence-electron chi connectivity index (χ3n) is 2.02. The fraction of sp³-hybridized carbons (Fsp3) is 0.333. The van der Waals surface area contributed by atoms with Crippen molar-refractivity contribution < 1.29 is 31.4 Å². The van der Waals surface area contributed by atoms with E-state index < -0.39 is 38.6 Å². The van der Waals surface area contributed by atoms with Gasteiger partial charge in [-0.2, -0.15) is 26.3 Å². The van der Waals surface area contributed by atoms with Crippen molar-refractivity contribution in [1.82, 2.24) is 0 Å². The molecule has 0 aromatic heterocycles. The lowest BCUT2D eigenvalue weighted by Crippen LogP contribution is -2.17. The maximum absolute atomic E-state index is 12.6. The number of hydrogen-bond acceptors (Lipinski definition) is 0. The minimum absolute atomic E-state index is 0.0491. The van der Waals surface area contributed by atoms with Crippen molar-refractivity contribution in [2.75, 3.05) is 0 Å². The van der Waals surface area contributed by atoms with Crippen LogP contribution in [-0.4, -0.2) is 0 Å². The SMILES string of the molecule is [O]c1cc(C(F)(F)F)cc(C(F)(F)F)c1C(Cl)(Cl)Cl.